The summed E-state index contributed by atoms with van der Waals surface area (Å²) in [4.78, 5) is 20.3. The van der Waals surface area contributed by atoms with E-state index in [0.29, 0.717) is 30.0 Å². The minimum Gasteiger partial charge on any atom is -0.368 e. The normalized spacial score (nSPS) is 10.5. The first-order chi connectivity index (χ1) is 13.0. The molecule has 0 saturated heterocycles. The summed E-state index contributed by atoms with van der Waals surface area (Å²) in [5.41, 5.74) is 1.04. The second-order valence-electron chi connectivity index (χ2n) is 5.64. The van der Waals surface area contributed by atoms with Gasteiger partial charge in [-0.25, -0.2) is 18.7 Å². The molecule has 0 unspecified atom stereocenters. The molecule has 27 heavy (non-hydrogen) atoms. The Balaban J connectivity index is 1.55. The SMILES string of the molecule is O=C(Nc1ccc(F)c(Cl)c1)c1cnc(NCCc2ccccc2F)cn1. The van der Waals surface area contributed by atoms with E-state index in [1.807, 2.05) is 0 Å². The van der Waals surface area contributed by atoms with Gasteiger partial charge in [-0.2, -0.15) is 0 Å². The van der Waals surface area contributed by atoms with Crippen LogP contribution in [-0.4, -0.2) is 22.4 Å². The van der Waals surface area contributed by atoms with Crippen LogP contribution in [0.1, 0.15) is 16.1 Å². The third-order valence-electron chi connectivity index (χ3n) is 3.72. The minimum absolute atomic E-state index is 0.0896. The van der Waals surface area contributed by atoms with E-state index >= 15 is 0 Å². The Morgan fingerprint density at radius 2 is 1.85 bits per heavy atom. The molecule has 0 fully saturated rings. The van der Waals surface area contributed by atoms with Gasteiger partial charge in [0, 0.05) is 12.2 Å². The summed E-state index contributed by atoms with van der Waals surface area (Å²) in [5, 5.41) is 5.49. The summed E-state index contributed by atoms with van der Waals surface area (Å²) in [5.74, 6) is -0.852. The van der Waals surface area contributed by atoms with Crippen LogP contribution >= 0.6 is 11.6 Å². The smallest absolute Gasteiger partial charge is 0.275 e. The maximum Gasteiger partial charge on any atom is 0.275 e. The first-order valence-electron chi connectivity index (χ1n) is 8.08. The molecule has 1 amide bonds. The van der Waals surface area contributed by atoms with Crippen molar-refractivity contribution in [3.05, 3.63) is 82.8 Å². The van der Waals surface area contributed by atoms with Crippen molar-refractivity contribution < 1.29 is 13.6 Å². The van der Waals surface area contributed by atoms with E-state index in [1.165, 1.54) is 30.6 Å². The van der Waals surface area contributed by atoms with E-state index in [0.717, 1.165) is 6.07 Å². The number of benzene rings is 2. The lowest BCUT2D eigenvalue weighted by Crippen LogP contribution is -2.15. The van der Waals surface area contributed by atoms with Gasteiger partial charge in [-0.15, -0.1) is 0 Å². The summed E-state index contributed by atoms with van der Waals surface area (Å²) in [7, 11) is 0. The third kappa shape index (κ3) is 4.98. The van der Waals surface area contributed by atoms with Crippen molar-refractivity contribution in [2.45, 2.75) is 6.42 Å². The molecule has 138 valence electrons. The number of carbonyl (C=O) groups is 1. The van der Waals surface area contributed by atoms with E-state index in [2.05, 4.69) is 20.6 Å². The summed E-state index contributed by atoms with van der Waals surface area (Å²) in [6.45, 7) is 0.467. The standard InChI is InChI=1S/C19H15ClF2N4O/c20-14-9-13(5-6-16(14)22)26-19(27)17-10-25-18(11-24-17)23-8-7-12-3-1-2-4-15(12)21/h1-6,9-11H,7-8H2,(H,23,25)(H,26,27). The van der Waals surface area contributed by atoms with Gasteiger partial charge in [-0.3, -0.25) is 4.79 Å². The molecule has 0 radical (unpaired) electrons. The van der Waals surface area contributed by atoms with Crippen LogP contribution in [0.5, 0.6) is 0 Å². The van der Waals surface area contributed by atoms with Gasteiger partial charge in [0.1, 0.15) is 23.1 Å². The molecular formula is C19H15ClF2N4O. The number of nitrogens with one attached hydrogen (secondary N) is 2. The Hall–Kier alpha value is -3.06. The molecule has 0 spiro atoms. The fourth-order valence-electron chi connectivity index (χ4n) is 2.33. The lowest BCUT2D eigenvalue weighted by molar-refractivity contribution is 0.102. The van der Waals surface area contributed by atoms with Crippen molar-refractivity contribution >= 4 is 29.0 Å². The Morgan fingerprint density at radius 3 is 2.56 bits per heavy atom. The van der Waals surface area contributed by atoms with Gasteiger partial charge in [0.15, 0.2) is 0 Å². The molecule has 0 aliphatic rings. The van der Waals surface area contributed by atoms with E-state index in [4.69, 9.17) is 11.6 Å². The maximum absolute atomic E-state index is 13.6. The predicted molar refractivity (Wildman–Crippen MR) is 100.0 cm³/mol. The average molecular weight is 389 g/mol. The topological polar surface area (TPSA) is 66.9 Å². The molecule has 3 aromatic rings. The van der Waals surface area contributed by atoms with Crippen molar-refractivity contribution in [2.24, 2.45) is 0 Å². The summed E-state index contributed by atoms with van der Waals surface area (Å²) in [6.07, 6.45) is 3.21. The van der Waals surface area contributed by atoms with E-state index < -0.39 is 11.7 Å². The second kappa shape index (κ2) is 8.55. The Labute approximate surface area is 159 Å². The highest BCUT2D eigenvalue weighted by Gasteiger charge is 2.10. The van der Waals surface area contributed by atoms with Crippen LogP contribution < -0.4 is 10.6 Å². The molecule has 2 aromatic carbocycles. The predicted octanol–water partition coefficient (Wildman–Crippen LogP) is 4.32. The van der Waals surface area contributed by atoms with Gasteiger partial charge in [-0.1, -0.05) is 29.8 Å². The molecule has 2 N–H and O–H groups in total. The molecular weight excluding hydrogens is 374 g/mol. The van der Waals surface area contributed by atoms with E-state index in [1.54, 1.807) is 18.2 Å². The maximum atomic E-state index is 13.6. The monoisotopic (exact) mass is 388 g/mol. The van der Waals surface area contributed by atoms with Crippen molar-refractivity contribution in [1.82, 2.24) is 9.97 Å². The number of amides is 1. The van der Waals surface area contributed by atoms with Gasteiger partial charge in [0.05, 0.1) is 17.4 Å². The summed E-state index contributed by atoms with van der Waals surface area (Å²) < 4.78 is 26.7. The third-order valence-corrected chi connectivity index (χ3v) is 4.01. The van der Waals surface area contributed by atoms with Crippen LogP contribution in [0, 0.1) is 11.6 Å². The number of hydrogen-bond donors (Lipinski definition) is 2. The molecule has 1 heterocycles. The molecule has 0 atom stereocenters. The molecule has 0 aliphatic carbocycles. The van der Waals surface area contributed by atoms with Gasteiger partial charge in [0.25, 0.3) is 5.91 Å². The van der Waals surface area contributed by atoms with E-state index in [9.17, 15) is 13.6 Å². The van der Waals surface area contributed by atoms with E-state index in [-0.39, 0.29) is 16.5 Å². The fraction of sp³-hybridized carbons (Fsp3) is 0.105. The Bertz CT molecular complexity index is 951. The van der Waals surface area contributed by atoms with Crippen LogP contribution in [0.4, 0.5) is 20.3 Å². The lowest BCUT2D eigenvalue weighted by atomic mass is 10.1. The minimum atomic E-state index is -0.569. The molecule has 1 aromatic heterocycles. The van der Waals surface area contributed by atoms with Crippen molar-refractivity contribution in [2.75, 3.05) is 17.2 Å². The number of hydrogen-bond acceptors (Lipinski definition) is 4. The zero-order chi connectivity index (χ0) is 19.2. The average Bonchev–Trinajstić information content (AvgIpc) is 2.67. The van der Waals surface area contributed by atoms with Crippen molar-refractivity contribution in [1.29, 1.82) is 0 Å². The molecule has 8 heteroatoms. The van der Waals surface area contributed by atoms with Gasteiger partial charge < -0.3 is 10.6 Å². The van der Waals surface area contributed by atoms with Gasteiger partial charge in [-0.05, 0) is 36.2 Å². The second-order valence-corrected chi connectivity index (χ2v) is 6.05. The highest BCUT2D eigenvalue weighted by Crippen LogP contribution is 2.19. The highest BCUT2D eigenvalue weighted by molar-refractivity contribution is 6.31. The largest absolute Gasteiger partial charge is 0.368 e. The van der Waals surface area contributed by atoms with Crippen LogP contribution in [0.25, 0.3) is 0 Å². The Kier molecular flexibility index (Phi) is 5.93. The zero-order valence-electron chi connectivity index (χ0n) is 14.0. The molecule has 0 bridgehead atoms. The highest BCUT2D eigenvalue weighted by atomic mass is 35.5. The van der Waals surface area contributed by atoms with Crippen LogP contribution in [0.3, 0.4) is 0 Å². The van der Waals surface area contributed by atoms with Crippen LogP contribution in [-0.2, 0) is 6.42 Å². The first-order valence-corrected chi connectivity index (χ1v) is 8.46. The van der Waals surface area contributed by atoms with Gasteiger partial charge >= 0.3 is 0 Å². The number of anilines is 2. The van der Waals surface area contributed by atoms with Crippen LogP contribution in [0.15, 0.2) is 54.9 Å². The fourth-order valence-corrected chi connectivity index (χ4v) is 2.51. The van der Waals surface area contributed by atoms with Gasteiger partial charge in [0.2, 0.25) is 0 Å². The van der Waals surface area contributed by atoms with Crippen molar-refractivity contribution in [3.8, 4) is 0 Å². The molecule has 5 nitrogen and oxygen atoms in total. The first kappa shape index (κ1) is 18.7. The number of halogens is 3. The quantitative estimate of drug-likeness (QED) is 0.660. The molecule has 0 aliphatic heterocycles. The van der Waals surface area contributed by atoms with Crippen molar-refractivity contribution in [3.63, 3.8) is 0 Å². The zero-order valence-corrected chi connectivity index (χ0v) is 14.8. The number of aromatic nitrogens is 2. The lowest BCUT2D eigenvalue weighted by Gasteiger charge is -2.08. The Morgan fingerprint density at radius 1 is 1.04 bits per heavy atom. The number of rotatable bonds is 6. The summed E-state index contributed by atoms with van der Waals surface area (Å²) >= 11 is 5.68. The van der Waals surface area contributed by atoms with Crippen LogP contribution in [0.2, 0.25) is 5.02 Å². The molecule has 3 rings (SSSR count). The number of carbonyl (C=O) groups excluding carboxylic acids is 1. The molecule has 0 saturated carbocycles. The summed E-state index contributed by atoms with van der Waals surface area (Å²) in [6, 6.07) is 10.4. The number of nitrogens with zero attached hydrogens (tertiary/aromatic N) is 2.